The molecule has 0 fully saturated rings. The fraction of sp³-hybridized carbons (Fsp3) is 0.444. The zero-order chi connectivity index (χ0) is 29.4. The molecule has 0 aliphatic carbocycles. The zero-order valence-electron chi connectivity index (χ0n) is 21.9. The molecule has 1 aromatic carbocycles. The van der Waals surface area contributed by atoms with Crippen LogP contribution in [0.3, 0.4) is 0 Å². The molecule has 39 heavy (non-hydrogen) atoms. The van der Waals surface area contributed by atoms with Crippen LogP contribution >= 0.6 is 11.3 Å². The third-order valence-electron chi connectivity index (χ3n) is 6.21. The lowest BCUT2D eigenvalue weighted by atomic mass is 9.80. The van der Waals surface area contributed by atoms with Crippen LogP contribution in [0.2, 0.25) is 0 Å². The number of hydrogen-bond acceptors (Lipinski definition) is 7. The number of carboxylic acid groups (broad SMARTS) is 3. The molecule has 1 heterocycles. The molecule has 212 valence electrons. The van der Waals surface area contributed by atoms with Gasteiger partial charge in [-0.15, -0.1) is 11.3 Å². The normalized spacial score (nSPS) is 11.6. The number of nitrogens with one attached hydrogen (secondary N) is 1. The highest BCUT2D eigenvalue weighted by Gasteiger charge is 2.38. The molecule has 1 amide bonds. The molecule has 0 atom stereocenters. The van der Waals surface area contributed by atoms with E-state index in [1.807, 2.05) is 0 Å². The summed E-state index contributed by atoms with van der Waals surface area (Å²) >= 11 is 1.06. The molecule has 0 saturated carbocycles. The van der Waals surface area contributed by atoms with Crippen molar-refractivity contribution in [3.8, 4) is 5.75 Å². The number of aryl methyl sites for hydroxylation is 1. The number of esters is 1. The van der Waals surface area contributed by atoms with Crippen LogP contribution in [0, 0.1) is 18.2 Å². The van der Waals surface area contributed by atoms with Gasteiger partial charge in [-0.3, -0.25) is 19.2 Å². The summed E-state index contributed by atoms with van der Waals surface area (Å²) in [5.74, 6) is -5.66. The van der Waals surface area contributed by atoms with Gasteiger partial charge in [-0.05, 0) is 62.4 Å². The van der Waals surface area contributed by atoms with Gasteiger partial charge in [-0.25, -0.2) is 9.18 Å². The van der Waals surface area contributed by atoms with E-state index in [-0.39, 0.29) is 36.3 Å². The van der Waals surface area contributed by atoms with E-state index in [9.17, 15) is 43.7 Å². The van der Waals surface area contributed by atoms with E-state index in [4.69, 9.17) is 4.74 Å². The molecule has 0 unspecified atom stereocenters. The van der Waals surface area contributed by atoms with Crippen LogP contribution in [-0.2, 0) is 25.6 Å². The van der Waals surface area contributed by atoms with Gasteiger partial charge in [-0.2, -0.15) is 0 Å². The van der Waals surface area contributed by atoms with Crippen molar-refractivity contribution in [3.63, 3.8) is 0 Å². The fourth-order valence-electron chi connectivity index (χ4n) is 3.95. The van der Waals surface area contributed by atoms with Gasteiger partial charge in [0.25, 0.3) is 0 Å². The number of benzene rings is 1. The Hall–Kier alpha value is -3.80. The van der Waals surface area contributed by atoms with Crippen LogP contribution in [0.15, 0.2) is 30.3 Å². The van der Waals surface area contributed by atoms with Gasteiger partial charge in [0.15, 0.2) is 11.6 Å². The van der Waals surface area contributed by atoms with Crippen molar-refractivity contribution in [1.82, 2.24) is 5.32 Å². The number of carbonyl (C=O) groups excluding carboxylic acids is 2. The topological polar surface area (TPSA) is 167 Å². The van der Waals surface area contributed by atoms with Crippen molar-refractivity contribution in [1.29, 1.82) is 0 Å². The summed E-state index contributed by atoms with van der Waals surface area (Å²) in [7, 11) is 0. The van der Waals surface area contributed by atoms with Gasteiger partial charge >= 0.3 is 23.9 Å². The summed E-state index contributed by atoms with van der Waals surface area (Å²) in [6.07, 6.45) is -1.45. The highest BCUT2D eigenvalue weighted by molar-refractivity contribution is 7.14. The van der Waals surface area contributed by atoms with Crippen LogP contribution < -0.4 is 10.1 Å². The first-order valence-electron chi connectivity index (χ1n) is 12.2. The summed E-state index contributed by atoms with van der Waals surface area (Å²) in [6.45, 7) is 4.95. The first kappa shape index (κ1) is 31.4. The second-order valence-electron chi connectivity index (χ2n) is 10.1. The molecule has 0 radical (unpaired) electrons. The number of amides is 1. The minimum atomic E-state index is -1.36. The minimum Gasteiger partial charge on any atom is -0.481 e. The van der Waals surface area contributed by atoms with Gasteiger partial charge in [0.05, 0.1) is 0 Å². The van der Waals surface area contributed by atoms with E-state index in [0.29, 0.717) is 10.4 Å². The Kier molecular flexibility index (Phi) is 10.7. The molecule has 2 rings (SSSR count). The number of carbonyl (C=O) groups is 5. The molecule has 0 spiro atoms. The monoisotopic (exact) mass is 565 g/mol. The van der Waals surface area contributed by atoms with Gasteiger partial charge in [-0.1, -0.05) is 19.9 Å². The number of carboxylic acids is 3. The number of halogens is 1. The quantitative estimate of drug-likeness (QED) is 0.180. The Morgan fingerprint density at radius 2 is 1.44 bits per heavy atom. The summed E-state index contributed by atoms with van der Waals surface area (Å²) in [5, 5.41) is 30.3. The lowest BCUT2D eigenvalue weighted by molar-refractivity contribution is -0.140. The lowest BCUT2D eigenvalue weighted by Crippen LogP contribution is -2.53. The zero-order valence-corrected chi connectivity index (χ0v) is 22.7. The van der Waals surface area contributed by atoms with Crippen molar-refractivity contribution < 1.29 is 48.4 Å². The van der Waals surface area contributed by atoms with E-state index in [1.54, 1.807) is 32.9 Å². The van der Waals surface area contributed by atoms with Crippen LogP contribution in [0.4, 0.5) is 4.39 Å². The van der Waals surface area contributed by atoms with E-state index < -0.39 is 65.8 Å². The number of hydrogen-bond donors (Lipinski definition) is 4. The fourth-order valence-corrected chi connectivity index (χ4v) is 5.06. The SMILES string of the molecule is Cc1ccc(OC(=O)c2ccc(CC(C)(C)C(=O)NC(CCC(=O)O)(CCC(=O)O)CCC(=O)O)s2)c(F)c1. The highest BCUT2D eigenvalue weighted by Crippen LogP contribution is 2.32. The number of aliphatic carboxylic acids is 3. The predicted octanol–water partition coefficient (Wildman–Crippen LogP) is 4.43. The Morgan fingerprint density at radius 1 is 0.897 bits per heavy atom. The second kappa shape index (κ2) is 13.3. The lowest BCUT2D eigenvalue weighted by Gasteiger charge is -2.37. The van der Waals surface area contributed by atoms with Crippen molar-refractivity contribution >= 4 is 41.1 Å². The van der Waals surface area contributed by atoms with Gasteiger partial charge < -0.3 is 25.4 Å². The van der Waals surface area contributed by atoms with Crippen molar-refractivity contribution in [2.75, 3.05) is 0 Å². The maximum Gasteiger partial charge on any atom is 0.353 e. The van der Waals surface area contributed by atoms with E-state index in [1.165, 1.54) is 18.2 Å². The van der Waals surface area contributed by atoms with Crippen LogP contribution in [0.25, 0.3) is 0 Å². The third-order valence-corrected chi connectivity index (χ3v) is 7.28. The van der Waals surface area contributed by atoms with Gasteiger partial charge in [0.1, 0.15) is 4.88 Å². The van der Waals surface area contributed by atoms with Crippen LogP contribution in [-0.4, -0.2) is 50.6 Å². The molecule has 0 aliphatic rings. The van der Waals surface area contributed by atoms with Gasteiger partial charge in [0.2, 0.25) is 5.91 Å². The molecule has 0 saturated heterocycles. The molecule has 2 aromatic rings. The van der Waals surface area contributed by atoms with Crippen LogP contribution in [0.5, 0.6) is 5.75 Å². The minimum absolute atomic E-state index is 0.144. The number of thiophene rings is 1. The molecule has 12 heteroatoms. The predicted molar refractivity (Wildman–Crippen MR) is 139 cm³/mol. The van der Waals surface area contributed by atoms with E-state index >= 15 is 0 Å². The third kappa shape index (κ3) is 9.78. The Labute approximate surface area is 228 Å². The smallest absolute Gasteiger partial charge is 0.353 e. The Balaban J connectivity index is 2.19. The van der Waals surface area contributed by atoms with Gasteiger partial charge in [0, 0.05) is 35.1 Å². The van der Waals surface area contributed by atoms with E-state index in [2.05, 4.69) is 5.32 Å². The van der Waals surface area contributed by atoms with Crippen LogP contribution in [0.1, 0.15) is 72.5 Å². The average Bonchev–Trinajstić information content (AvgIpc) is 3.29. The van der Waals surface area contributed by atoms with Crippen molar-refractivity contribution in [2.24, 2.45) is 5.41 Å². The standard InChI is InChI=1S/C27H32FNO9S/c1-16-4-6-19(18(28)14-16)38-24(36)20-7-5-17(39-20)15-26(2,3)25(37)29-27(11-8-21(30)31,12-9-22(32)33)13-10-23(34)35/h4-7,14H,8-13,15H2,1-3H3,(H,29,37)(H,30,31)(H,32,33)(H,34,35). The number of rotatable bonds is 15. The molecule has 0 bridgehead atoms. The second-order valence-corrected chi connectivity index (χ2v) is 11.2. The highest BCUT2D eigenvalue weighted by atomic mass is 32.1. The molecule has 0 aliphatic heterocycles. The van der Waals surface area contributed by atoms with E-state index in [0.717, 1.165) is 11.3 Å². The van der Waals surface area contributed by atoms with Crippen molar-refractivity contribution in [3.05, 3.63) is 51.5 Å². The molecular weight excluding hydrogens is 533 g/mol. The number of ether oxygens (including phenoxy) is 1. The maximum absolute atomic E-state index is 14.1. The maximum atomic E-state index is 14.1. The Bertz CT molecular complexity index is 1190. The average molecular weight is 566 g/mol. The summed E-state index contributed by atoms with van der Waals surface area (Å²) < 4.78 is 19.2. The molecule has 10 nitrogen and oxygen atoms in total. The summed E-state index contributed by atoms with van der Waals surface area (Å²) in [6, 6.07) is 7.34. The first-order valence-corrected chi connectivity index (χ1v) is 13.0. The summed E-state index contributed by atoms with van der Waals surface area (Å²) in [4.78, 5) is 60.5. The van der Waals surface area contributed by atoms with Crippen molar-refractivity contribution in [2.45, 2.75) is 71.3 Å². The Morgan fingerprint density at radius 3 is 1.92 bits per heavy atom. The first-order chi connectivity index (χ1) is 18.1. The molecule has 1 aromatic heterocycles. The molecular formula is C27H32FNO9S. The molecule has 4 N–H and O–H groups in total. The largest absolute Gasteiger partial charge is 0.481 e. The summed E-state index contributed by atoms with van der Waals surface area (Å²) in [5.41, 5.74) is -1.79.